The van der Waals surface area contributed by atoms with Crippen LogP contribution in [0.25, 0.3) is 0 Å². The molecular weight excluding hydrogens is 290 g/mol. The van der Waals surface area contributed by atoms with Gasteiger partial charge in [-0.05, 0) is 38.7 Å². The highest BCUT2D eigenvalue weighted by molar-refractivity contribution is 7.89. The summed E-state index contributed by atoms with van der Waals surface area (Å²) in [5, 5.41) is 0. The molecule has 3 N–H and O–H groups in total. The van der Waals surface area contributed by atoms with E-state index in [4.69, 9.17) is 10.5 Å². The van der Waals surface area contributed by atoms with E-state index in [1.54, 1.807) is 12.3 Å². The van der Waals surface area contributed by atoms with Crippen LogP contribution in [0.2, 0.25) is 0 Å². The first-order valence-electron chi connectivity index (χ1n) is 7.42. The van der Waals surface area contributed by atoms with Gasteiger partial charge in [-0.15, -0.1) is 0 Å². The molecule has 1 saturated heterocycles. The smallest absolute Gasteiger partial charge is 0.242 e. The van der Waals surface area contributed by atoms with Crippen molar-refractivity contribution in [2.75, 3.05) is 19.8 Å². The summed E-state index contributed by atoms with van der Waals surface area (Å²) in [5.74, 6) is 0.356. The third kappa shape index (κ3) is 4.06. The fourth-order valence-corrected chi connectivity index (χ4v) is 3.71. The first-order valence-corrected chi connectivity index (χ1v) is 8.90. The molecule has 1 aliphatic heterocycles. The number of nitrogens with zero attached hydrogens (tertiary/aromatic N) is 1. The van der Waals surface area contributed by atoms with Crippen LogP contribution in [0.1, 0.15) is 38.4 Å². The third-order valence-electron chi connectivity index (χ3n) is 3.89. The first-order chi connectivity index (χ1) is 9.94. The summed E-state index contributed by atoms with van der Waals surface area (Å²) < 4.78 is 34.7. The molecule has 0 bridgehead atoms. The summed E-state index contributed by atoms with van der Waals surface area (Å²) in [6.45, 7) is 6.24. The van der Waals surface area contributed by atoms with Gasteiger partial charge in [0, 0.05) is 44.2 Å². The van der Waals surface area contributed by atoms with E-state index < -0.39 is 10.0 Å². The zero-order valence-electron chi connectivity index (χ0n) is 12.7. The Bertz CT molecular complexity index is 560. The zero-order valence-corrected chi connectivity index (χ0v) is 13.5. The molecular formula is C14H25N3O3S. The molecule has 0 atom stereocenters. The average molecular weight is 315 g/mol. The molecule has 2 heterocycles. The van der Waals surface area contributed by atoms with Gasteiger partial charge < -0.3 is 15.0 Å². The van der Waals surface area contributed by atoms with E-state index in [-0.39, 0.29) is 6.04 Å². The van der Waals surface area contributed by atoms with E-state index in [9.17, 15) is 8.42 Å². The van der Waals surface area contributed by atoms with Crippen LogP contribution in [0.15, 0.2) is 17.2 Å². The standard InChI is InChI=1S/C14H25N3O3S/c1-11(2)17-10-14(7-13(17)8-15)21(18,19)16-9-12-3-5-20-6-4-12/h7,10-12,16H,3-6,8-9,15H2,1-2H3. The van der Waals surface area contributed by atoms with Crippen LogP contribution in [0.4, 0.5) is 0 Å². The molecule has 120 valence electrons. The van der Waals surface area contributed by atoms with Crippen LogP contribution in [0.5, 0.6) is 0 Å². The van der Waals surface area contributed by atoms with Crippen molar-refractivity contribution in [3.63, 3.8) is 0 Å². The minimum absolute atomic E-state index is 0.183. The lowest BCUT2D eigenvalue weighted by molar-refractivity contribution is 0.0678. The lowest BCUT2D eigenvalue weighted by atomic mass is 10.0. The maximum Gasteiger partial charge on any atom is 0.242 e. The maximum absolute atomic E-state index is 12.4. The van der Waals surface area contributed by atoms with Gasteiger partial charge in [-0.3, -0.25) is 0 Å². The highest BCUT2D eigenvalue weighted by atomic mass is 32.2. The quantitative estimate of drug-likeness (QED) is 0.827. The van der Waals surface area contributed by atoms with Crippen molar-refractivity contribution in [2.45, 2.75) is 44.2 Å². The summed E-state index contributed by atoms with van der Waals surface area (Å²) in [7, 11) is -3.47. The molecule has 1 aromatic rings. The van der Waals surface area contributed by atoms with Crippen molar-refractivity contribution < 1.29 is 13.2 Å². The summed E-state index contributed by atoms with van der Waals surface area (Å²) in [6.07, 6.45) is 3.48. The van der Waals surface area contributed by atoms with Crippen molar-refractivity contribution in [1.82, 2.24) is 9.29 Å². The maximum atomic E-state index is 12.4. The number of hydrogen-bond acceptors (Lipinski definition) is 4. The van der Waals surface area contributed by atoms with Crippen molar-refractivity contribution >= 4 is 10.0 Å². The largest absolute Gasteiger partial charge is 0.381 e. The molecule has 2 rings (SSSR count). The van der Waals surface area contributed by atoms with Crippen LogP contribution in [-0.4, -0.2) is 32.7 Å². The first kappa shape index (κ1) is 16.5. The highest BCUT2D eigenvalue weighted by Crippen LogP contribution is 2.19. The van der Waals surface area contributed by atoms with Crippen LogP contribution in [0, 0.1) is 5.92 Å². The molecule has 0 unspecified atom stereocenters. The number of rotatable bonds is 6. The minimum Gasteiger partial charge on any atom is -0.381 e. The number of nitrogens with two attached hydrogens (primary N) is 1. The Morgan fingerprint density at radius 3 is 2.62 bits per heavy atom. The molecule has 0 aromatic carbocycles. The second-order valence-electron chi connectivity index (χ2n) is 5.78. The Hall–Kier alpha value is -0.890. The predicted molar refractivity (Wildman–Crippen MR) is 81.4 cm³/mol. The van der Waals surface area contributed by atoms with Crippen molar-refractivity contribution in [2.24, 2.45) is 11.7 Å². The summed E-state index contributed by atoms with van der Waals surface area (Å²) in [4.78, 5) is 0.295. The second kappa shape index (κ2) is 6.91. The fraction of sp³-hybridized carbons (Fsp3) is 0.714. The number of hydrogen-bond donors (Lipinski definition) is 2. The van der Waals surface area contributed by atoms with Crippen LogP contribution in [0.3, 0.4) is 0 Å². The van der Waals surface area contributed by atoms with E-state index in [2.05, 4.69) is 4.72 Å². The van der Waals surface area contributed by atoms with E-state index in [0.29, 0.717) is 37.1 Å². The van der Waals surface area contributed by atoms with Gasteiger partial charge in [0.2, 0.25) is 10.0 Å². The molecule has 7 heteroatoms. The van der Waals surface area contributed by atoms with Gasteiger partial charge in [-0.1, -0.05) is 0 Å². The van der Waals surface area contributed by atoms with E-state index in [1.165, 1.54) is 0 Å². The highest BCUT2D eigenvalue weighted by Gasteiger charge is 2.21. The van der Waals surface area contributed by atoms with E-state index in [1.807, 2.05) is 18.4 Å². The molecule has 0 radical (unpaired) electrons. The topological polar surface area (TPSA) is 86.3 Å². The monoisotopic (exact) mass is 315 g/mol. The lowest BCUT2D eigenvalue weighted by Crippen LogP contribution is -2.32. The molecule has 21 heavy (non-hydrogen) atoms. The molecule has 0 saturated carbocycles. The van der Waals surface area contributed by atoms with Crippen molar-refractivity contribution in [3.05, 3.63) is 18.0 Å². The molecule has 1 aromatic heterocycles. The fourth-order valence-electron chi connectivity index (χ4n) is 2.55. The summed E-state index contributed by atoms with van der Waals surface area (Å²) in [6, 6.07) is 1.84. The van der Waals surface area contributed by atoms with Gasteiger partial charge >= 0.3 is 0 Å². The van der Waals surface area contributed by atoms with E-state index >= 15 is 0 Å². The minimum atomic E-state index is -3.47. The summed E-state index contributed by atoms with van der Waals surface area (Å²) in [5.41, 5.74) is 6.52. The van der Waals surface area contributed by atoms with Crippen LogP contribution < -0.4 is 10.5 Å². The normalized spacial score (nSPS) is 17.5. The number of sulfonamides is 1. The number of aromatic nitrogens is 1. The Morgan fingerprint density at radius 1 is 1.43 bits per heavy atom. The molecule has 1 aliphatic rings. The number of nitrogens with one attached hydrogen (secondary N) is 1. The Balaban J connectivity index is 2.08. The Labute approximate surface area is 126 Å². The van der Waals surface area contributed by atoms with Crippen LogP contribution in [-0.2, 0) is 21.3 Å². The molecule has 0 spiro atoms. The van der Waals surface area contributed by atoms with Crippen molar-refractivity contribution in [1.29, 1.82) is 0 Å². The van der Waals surface area contributed by atoms with Crippen LogP contribution >= 0.6 is 0 Å². The Kier molecular flexibility index (Phi) is 5.43. The lowest BCUT2D eigenvalue weighted by Gasteiger charge is -2.21. The van der Waals surface area contributed by atoms with Gasteiger partial charge in [-0.25, -0.2) is 13.1 Å². The van der Waals surface area contributed by atoms with Gasteiger partial charge in [0.05, 0.1) is 4.90 Å². The Morgan fingerprint density at radius 2 is 2.10 bits per heavy atom. The van der Waals surface area contributed by atoms with Crippen molar-refractivity contribution in [3.8, 4) is 0 Å². The van der Waals surface area contributed by atoms with Gasteiger partial charge in [0.25, 0.3) is 0 Å². The third-order valence-corrected chi connectivity index (χ3v) is 5.28. The second-order valence-corrected chi connectivity index (χ2v) is 7.55. The SMILES string of the molecule is CC(C)n1cc(S(=O)(=O)NCC2CCOCC2)cc1CN. The molecule has 0 aliphatic carbocycles. The predicted octanol–water partition coefficient (Wildman–Crippen LogP) is 1.23. The molecule has 0 amide bonds. The summed E-state index contributed by atoms with van der Waals surface area (Å²) >= 11 is 0. The van der Waals surface area contributed by atoms with Gasteiger partial charge in [-0.2, -0.15) is 0 Å². The molecule has 1 fully saturated rings. The zero-order chi connectivity index (χ0) is 15.5. The van der Waals surface area contributed by atoms with E-state index in [0.717, 1.165) is 18.5 Å². The van der Waals surface area contributed by atoms with Gasteiger partial charge in [0.1, 0.15) is 0 Å². The molecule has 6 nitrogen and oxygen atoms in total. The van der Waals surface area contributed by atoms with Gasteiger partial charge in [0.15, 0.2) is 0 Å². The number of ether oxygens (including phenoxy) is 1. The average Bonchev–Trinajstić information content (AvgIpc) is 2.92.